The van der Waals surface area contributed by atoms with Crippen molar-refractivity contribution in [2.45, 2.75) is 13.5 Å². The zero-order valence-electron chi connectivity index (χ0n) is 7.84. The lowest BCUT2D eigenvalue weighted by Crippen LogP contribution is -1.95. The van der Waals surface area contributed by atoms with Crippen molar-refractivity contribution in [3.05, 3.63) is 28.2 Å². The molecule has 0 aliphatic carbocycles. The van der Waals surface area contributed by atoms with Gasteiger partial charge >= 0.3 is 0 Å². The highest BCUT2D eigenvalue weighted by atomic mass is 79.9. The molecule has 0 bridgehead atoms. The van der Waals surface area contributed by atoms with E-state index in [0.717, 1.165) is 15.8 Å². The van der Waals surface area contributed by atoms with E-state index in [4.69, 9.17) is 9.47 Å². The molecule has 0 fully saturated rings. The molecular weight excluding hydrogens is 232 g/mol. The van der Waals surface area contributed by atoms with Crippen LogP contribution in [0.2, 0.25) is 0 Å². The monoisotopic (exact) mass is 244 g/mol. The Morgan fingerprint density at radius 3 is 2.77 bits per heavy atom. The minimum Gasteiger partial charge on any atom is -0.493 e. The van der Waals surface area contributed by atoms with E-state index >= 15 is 0 Å². The van der Waals surface area contributed by atoms with Gasteiger partial charge in [0, 0.05) is 7.11 Å². The summed E-state index contributed by atoms with van der Waals surface area (Å²) < 4.78 is 11.5. The maximum atomic E-state index is 5.42. The Hall–Kier alpha value is -0.540. The molecule has 0 saturated heterocycles. The van der Waals surface area contributed by atoms with E-state index in [1.807, 2.05) is 25.1 Å². The van der Waals surface area contributed by atoms with Gasteiger partial charge < -0.3 is 9.47 Å². The van der Waals surface area contributed by atoms with Crippen molar-refractivity contribution in [2.24, 2.45) is 0 Å². The van der Waals surface area contributed by atoms with Crippen LogP contribution < -0.4 is 4.74 Å². The third kappa shape index (κ3) is 2.71. The molecule has 1 aromatic carbocycles. The summed E-state index contributed by atoms with van der Waals surface area (Å²) in [4.78, 5) is 0. The molecule has 0 aromatic heterocycles. The van der Waals surface area contributed by atoms with E-state index in [2.05, 4.69) is 15.9 Å². The average molecular weight is 245 g/mol. The Morgan fingerprint density at radius 1 is 1.38 bits per heavy atom. The summed E-state index contributed by atoms with van der Waals surface area (Å²) in [6, 6.07) is 5.91. The van der Waals surface area contributed by atoms with Crippen LogP contribution in [0.1, 0.15) is 12.5 Å². The van der Waals surface area contributed by atoms with Gasteiger partial charge in [-0.15, -0.1) is 0 Å². The van der Waals surface area contributed by atoms with Gasteiger partial charge in [-0.05, 0) is 34.5 Å². The largest absolute Gasteiger partial charge is 0.493 e. The summed E-state index contributed by atoms with van der Waals surface area (Å²) in [6.45, 7) is 3.24. The summed E-state index contributed by atoms with van der Waals surface area (Å²) in [5.41, 5.74) is 1.11. The van der Waals surface area contributed by atoms with Crippen molar-refractivity contribution in [3.8, 4) is 5.75 Å². The molecule has 1 rings (SSSR count). The van der Waals surface area contributed by atoms with Crippen LogP contribution in [0, 0.1) is 0 Å². The Morgan fingerprint density at radius 2 is 2.15 bits per heavy atom. The molecule has 72 valence electrons. The number of hydrogen-bond donors (Lipinski definition) is 0. The average Bonchev–Trinajstić information content (AvgIpc) is 2.13. The van der Waals surface area contributed by atoms with E-state index < -0.39 is 0 Å². The molecular formula is C10H13BrO2. The van der Waals surface area contributed by atoms with Crippen LogP contribution in [0.3, 0.4) is 0 Å². The van der Waals surface area contributed by atoms with Crippen molar-refractivity contribution in [1.82, 2.24) is 0 Å². The molecule has 0 N–H and O–H groups in total. The molecule has 0 atom stereocenters. The van der Waals surface area contributed by atoms with Gasteiger partial charge in [0.05, 0.1) is 17.7 Å². The van der Waals surface area contributed by atoms with Crippen LogP contribution in [0.15, 0.2) is 22.7 Å². The summed E-state index contributed by atoms with van der Waals surface area (Å²) >= 11 is 3.48. The van der Waals surface area contributed by atoms with Crippen LogP contribution in [-0.4, -0.2) is 13.7 Å². The van der Waals surface area contributed by atoms with Gasteiger partial charge in [0.15, 0.2) is 0 Å². The zero-order chi connectivity index (χ0) is 9.68. The Balaban J connectivity index is 2.89. The molecule has 0 aliphatic rings. The highest BCUT2D eigenvalue weighted by Crippen LogP contribution is 2.28. The minimum absolute atomic E-state index is 0.599. The SMILES string of the molecule is CCOc1cccc(COC)c1Br. The highest BCUT2D eigenvalue weighted by Gasteiger charge is 2.04. The van der Waals surface area contributed by atoms with Gasteiger partial charge in [-0.3, -0.25) is 0 Å². The van der Waals surface area contributed by atoms with Gasteiger partial charge in [-0.25, -0.2) is 0 Å². The van der Waals surface area contributed by atoms with E-state index in [0.29, 0.717) is 13.2 Å². The number of methoxy groups -OCH3 is 1. The summed E-state index contributed by atoms with van der Waals surface area (Å²) in [5, 5.41) is 0. The summed E-state index contributed by atoms with van der Waals surface area (Å²) in [5.74, 6) is 0.872. The fourth-order valence-corrected chi connectivity index (χ4v) is 1.58. The lowest BCUT2D eigenvalue weighted by Gasteiger charge is -2.09. The third-order valence-corrected chi connectivity index (χ3v) is 2.54. The molecule has 3 heteroatoms. The molecule has 0 unspecified atom stereocenters. The normalized spacial score (nSPS) is 10.1. The van der Waals surface area contributed by atoms with Gasteiger partial charge in [0.2, 0.25) is 0 Å². The Bertz CT molecular complexity index is 249. The highest BCUT2D eigenvalue weighted by molar-refractivity contribution is 9.10. The van der Waals surface area contributed by atoms with Crippen molar-refractivity contribution in [2.75, 3.05) is 13.7 Å². The zero-order valence-corrected chi connectivity index (χ0v) is 9.43. The molecule has 0 radical (unpaired) electrons. The van der Waals surface area contributed by atoms with Crippen molar-refractivity contribution in [3.63, 3.8) is 0 Å². The van der Waals surface area contributed by atoms with Crippen LogP contribution in [0.25, 0.3) is 0 Å². The molecule has 13 heavy (non-hydrogen) atoms. The number of halogens is 1. The van der Waals surface area contributed by atoms with Crippen molar-refractivity contribution in [1.29, 1.82) is 0 Å². The molecule has 0 aliphatic heterocycles. The van der Waals surface area contributed by atoms with Crippen LogP contribution >= 0.6 is 15.9 Å². The Kier molecular flexibility index (Phi) is 4.25. The van der Waals surface area contributed by atoms with Crippen LogP contribution in [0.5, 0.6) is 5.75 Å². The predicted octanol–water partition coefficient (Wildman–Crippen LogP) is 2.99. The van der Waals surface area contributed by atoms with E-state index in [9.17, 15) is 0 Å². The van der Waals surface area contributed by atoms with E-state index in [1.165, 1.54) is 0 Å². The molecule has 0 amide bonds. The lowest BCUT2D eigenvalue weighted by atomic mass is 10.2. The number of hydrogen-bond acceptors (Lipinski definition) is 2. The summed E-state index contributed by atoms with van der Waals surface area (Å²) in [6.07, 6.45) is 0. The second-order valence-corrected chi connectivity index (χ2v) is 3.39. The first-order valence-corrected chi connectivity index (χ1v) is 4.98. The fraction of sp³-hybridized carbons (Fsp3) is 0.400. The first-order chi connectivity index (χ1) is 6.29. The quantitative estimate of drug-likeness (QED) is 0.811. The molecule has 0 saturated carbocycles. The van der Waals surface area contributed by atoms with Gasteiger partial charge in [0.1, 0.15) is 5.75 Å². The maximum absolute atomic E-state index is 5.42. The van der Waals surface area contributed by atoms with Crippen molar-refractivity contribution < 1.29 is 9.47 Å². The van der Waals surface area contributed by atoms with Crippen LogP contribution in [-0.2, 0) is 11.3 Å². The molecule has 1 aromatic rings. The number of ether oxygens (including phenoxy) is 2. The Labute approximate surface area is 87.0 Å². The predicted molar refractivity (Wildman–Crippen MR) is 56.0 cm³/mol. The van der Waals surface area contributed by atoms with Gasteiger partial charge in [-0.2, -0.15) is 0 Å². The number of benzene rings is 1. The van der Waals surface area contributed by atoms with Gasteiger partial charge in [-0.1, -0.05) is 12.1 Å². The fourth-order valence-electron chi connectivity index (χ4n) is 1.09. The maximum Gasteiger partial charge on any atom is 0.133 e. The lowest BCUT2D eigenvalue weighted by molar-refractivity contribution is 0.184. The standard InChI is InChI=1S/C10H13BrO2/c1-3-13-9-6-4-5-8(7-12-2)10(9)11/h4-6H,3,7H2,1-2H3. The summed E-state index contributed by atoms with van der Waals surface area (Å²) in [7, 11) is 1.68. The minimum atomic E-state index is 0.599. The second kappa shape index (κ2) is 5.25. The number of rotatable bonds is 4. The van der Waals surface area contributed by atoms with Gasteiger partial charge in [0.25, 0.3) is 0 Å². The first-order valence-electron chi connectivity index (χ1n) is 4.18. The molecule has 0 heterocycles. The third-order valence-electron chi connectivity index (χ3n) is 1.64. The first kappa shape index (κ1) is 10.5. The van der Waals surface area contributed by atoms with E-state index in [-0.39, 0.29) is 0 Å². The second-order valence-electron chi connectivity index (χ2n) is 2.60. The van der Waals surface area contributed by atoms with E-state index in [1.54, 1.807) is 7.11 Å². The van der Waals surface area contributed by atoms with Crippen molar-refractivity contribution >= 4 is 15.9 Å². The topological polar surface area (TPSA) is 18.5 Å². The van der Waals surface area contributed by atoms with Crippen LogP contribution in [0.4, 0.5) is 0 Å². The smallest absolute Gasteiger partial charge is 0.133 e. The molecule has 2 nitrogen and oxygen atoms in total. The molecule has 0 spiro atoms.